The van der Waals surface area contributed by atoms with Crippen molar-refractivity contribution in [1.29, 1.82) is 0 Å². The third-order valence-electron chi connectivity index (χ3n) is 6.02. The van der Waals surface area contributed by atoms with E-state index in [1.165, 1.54) is 6.42 Å². The van der Waals surface area contributed by atoms with Crippen LogP contribution in [0.15, 0.2) is 21.5 Å². The summed E-state index contributed by atoms with van der Waals surface area (Å²) in [5.41, 5.74) is 1.63. The Hall–Kier alpha value is -1.41. The second kappa shape index (κ2) is 9.16. The summed E-state index contributed by atoms with van der Waals surface area (Å²) >= 11 is 3.37. The van der Waals surface area contributed by atoms with Crippen molar-refractivity contribution in [3.63, 3.8) is 0 Å². The molecule has 0 bridgehead atoms. The molecule has 1 aliphatic heterocycles. The molecule has 2 aliphatic rings. The minimum atomic E-state index is -3.66. The SMILES string of the molecule is CCC(=O)N1CCc2cc(Br)c(S(=O)(=O)CCC(=O)N[C@H]3CCCC[C@@H]3C)cc21. The molecule has 1 aromatic carbocycles. The number of hydrogen-bond donors (Lipinski definition) is 1. The number of nitrogens with zero attached hydrogens (tertiary/aromatic N) is 1. The zero-order chi connectivity index (χ0) is 21.2. The molecule has 2 amide bonds. The predicted molar refractivity (Wildman–Crippen MR) is 117 cm³/mol. The van der Waals surface area contributed by atoms with Crippen molar-refractivity contribution >= 4 is 43.3 Å². The van der Waals surface area contributed by atoms with Crippen LogP contribution >= 0.6 is 15.9 Å². The van der Waals surface area contributed by atoms with Crippen LogP contribution in [0.1, 0.15) is 57.9 Å². The molecule has 160 valence electrons. The Kier molecular flexibility index (Phi) is 7.04. The Morgan fingerprint density at radius 3 is 2.66 bits per heavy atom. The number of anilines is 1. The average Bonchev–Trinajstić information content (AvgIpc) is 3.09. The van der Waals surface area contributed by atoms with Gasteiger partial charge < -0.3 is 10.2 Å². The normalized spacial score (nSPS) is 21.7. The molecule has 1 fully saturated rings. The van der Waals surface area contributed by atoms with E-state index in [0.717, 1.165) is 24.8 Å². The molecule has 0 saturated heterocycles. The number of amides is 2. The molecule has 0 unspecified atom stereocenters. The van der Waals surface area contributed by atoms with Gasteiger partial charge in [-0.3, -0.25) is 9.59 Å². The first-order valence-electron chi connectivity index (χ1n) is 10.4. The maximum Gasteiger partial charge on any atom is 0.226 e. The fraction of sp³-hybridized carbons (Fsp3) is 0.619. The van der Waals surface area contributed by atoms with Crippen LogP contribution in [0.5, 0.6) is 0 Å². The van der Waals surface area contributed by atoms with Gasteiger partial charge in [0.05, 0.1) is 10.6 Å². The highest BCUT2D eigenvalue weighted by molar-refractivity contribution is 9.10. The molecule has 0 aromatic heterocycles. The van der Waals surface area contributed by atoms with Crippen LogP contribution < -0.4 is 10.2 Å². The Bertz CT molecular complexity index is 900. The van der Waals surface area contributed by atoms with Gasteiger partial charge in [-0.15, -0.1) is 0 Å². The highest BCUT2D eigenvalue weighted by Gasteiger charge is 2.29. The van der Waals surface area contributed by atoms with Crippen molar-refractivity contribution in [3.8, 4) is 0 Å². The summed E-state index contributed by atoms with van der Waals surface area (Å²) in [5, 5.41) is 3.01. The number of fused-ring (bicyclic) bond motifs is 1. The molecule has 29 heavy (non-hydrogen) atoms. The number of carbonyl (C=O) groups excluding carboxylic acids is 2. The van der Waals surface area contributed by atoms with Gasteiger partial charge in [-0.05, 0) is 58.8 Å². The van der Waals surface area contributed by atoms with Crippen LogP contribution in [-0.4, -0.2) is 38.6 Å². The van der Waals surface area contributed by atoms with Gasteiger partial charge in [-0.25, -0.2) is 8.42 Å². The lowest BCUT2D eigenvalue weighted by molar-refractivity contribution is -0.122. The fourth-order valence-corrected chi connectivity index (χ4v) is 6.67. The number of hydrogen-bond acceptors (Lipinski definition) is 4. The second-order valence-electron chi connectivity index (χ2n) is 8.06. The van der Waals surface area contributed by atoms with Crippen LogP contribution in [0.2, 0.25) is 0 Å². The van der Waals surface area contributed by atoms with Gasteiger partial charge in [-0.2, -0.15) is 0 Å². The van der Waals surface area contributed by atoms with Gasteiger partial charge in [0.1, 0.15) is 0 Å². The zero-order valence-corrected chi connectivity index (χ0v) is 19.4. The molecule has 1 aliphatic carbocycles. The van der Waals surface area contributed by atoms with Gasteiger partial charge >= 0.3 is 0 Å². The molecular formula is C21H29BrN2O4S. The molecule has 2 atom stereocenters. The maximum absolute atomic E-state index is 12.9. The Labute approximate surface area is 181 Å². The standard InChI is InChI=1S/C21H29BrN2O4S/c1-3-21(26)24-10-8-15-12-16(22)19(13-18(15)24)29(27,28)11-9-20(25)23-17-7-5-4-6-14(17)2/h12-14,17H,3-11H2,1-2H3,(H,23,25)/t14-,17-/m0/s1. The third-order valence-corrected chi connectivity index (χ3v) is 8.69. The van der Waals surface area contributed by atoms with Gasteiger partial charge in [0.15, 0.2) is 9.84 Å². The van der Waals surface area contributed by atoms with Gasteiger partial charge in [0, 0.05) is 35.6 Å². The quantitative estimate of drug-likeness (QED) is 0.668. The Morgan fingerprint density at radius 1 is 1.24 bits per heavy atom. The number of carbonyl (C=O) groups is 2. The molecule has 8 heteroatoms. The summed E-state index contributed by atoms with van der Waals surface area (Å²) in [7, 11) is -3.66. The lowest BCUT2D eigenvalue weighted by Gasteiger charge is -2.29. The van der Waals surface area contributed by atoms with E-state index >= 15 is 0 Å². The van der Waals surface area contributed by atoms with E-state index in [0.29, 0.717) is 35.5 Å². The van der Waals surface area contributed by atoms with Gasteiger partial charge in [0.25, 0.3) is 0 Å². The van der Waals surface area contributed by atoms with Crippen molar-refractivity contribution in [1.82, 2.24) is 5.32 Å². The highest BCUT2D eigenvalue weighted by atomic mass is 79.9. The first kappa shape index (κ1) is 22.3. The number of rotatable bonds is 6. The monoisotopic (exact) mass is 484 g/mol. The lowest BCUT2D eigenvalue weighted by atomic mass is 9.86. The van der Waals surface area contributed by atoms with E-state index in [1.54, 1.807) is 24.0 Å². The smallest absolute Gasteiger partial charge is 0.226 e. The molecule has 1 N–H and O–H groups in total. The fourth-order valence-electron chi connectivity index (χ4n) is 4.22. The molecule has 1 aromatic rings. The number of halogens is 1. The van der Waals surface area contributed by atoms with Crippen molar-refractivity contribution in [2.75, 3.05) is 17.2 Å². The van der Waals surface area contributed by atoms with Crippen LogP contribution in [0.25, 0.3) is 0 Å². The van der Waals surface area contributed by atoms with E-state index in [2.05, 4.69) is 28.2 Å². The van der Waals surface area contributed by atoms with Gasteiger partial charge in [-0.1, -0.05) is 26.7 Å². The Morgan fingerprint density at radius 2 is 1.97 bits per heavy atom. The molecule has 0 radical (unpaired) electrons. The van der Waals surface area contributed by atoms with Crippen LogP contribution in [0.4, 0.5) is 5.69 Å². The molecule has 3 rings (SSSR count). The van der Waals surface area contributed by atoms with Gasteiger partial charge in [0.2, 0.25) is 11.8 Å². The largest absolute Gasteiger partial charge is 0.353 e. The predicted octanol–water partition coefficient (Wildman–Crippen LogP) is 3.61. The summed E-state index contributed by atoms with van der Waals surface area (Å²) in [4.78, 5) is 26.3. The zero-order valence-electron chi connectivity index (χ0n) is 17.0. The third kappa shape index (κ3) is 5.02. The summed E-state index contributed by atoms with van der Waals surface area (Å²) in [5.74, 6) is -0.0565. The summed E-state index contributed by atoms with van der Waals surface area (Å²) in [6.45, 7) is 4.49. The number of nitrogens with one attached hydrogen (secondary N) is 1. The maximum atomic E-state index is 12.9. The first-order chi connectivity index (χ1) is 13.7. The van der Waals surface area contributed by atoms with Crippen molar-refractivity contribution in [2.24, 2.45) is 5.92 Å². The van der Waals surface area contributed by atoms with Crippen LogP contribution in [0.3, 0.4) is 0 Å². The second-order valence-corrected chi connectivity index (χ2v) is 11.0. The van der Waals surface area contributed by atoms with E-state index in [9.17, 15) is 18.0 Å². The van der Waals surface area contributed by atoms with E-state index in [4.69, 9.17) is 0 Å². The van der Waals surface area contributed by atoms with Crippen molar-refractivity contribution < 1.29 is 18.0 Å². The summed E-state index contributed by atoms with van der Waals surface area (Å²) in [6, 6.07) is 3.50. The molecule has 1 saturated carbocycles. The van der Waals surface area contributed by atoms with Crippen LogP contribution in [0, 0.1) is 5.92 Å². The molecule has 1 heterocycles. The first-order valence-corrected chi connectivity index (χ1v) is 12.8. The highest BCUT2D eigenvalue weighted by Crippen LogP contribution is 2.36. The minimum absolute atomic E-state index is 0.0181. The van der Waals surface area contributed by atoms with Crippen molar-refractivity contribution in [2.45, 2.75) is 69.7 Å². The van der Waals surface area contributed by atoms with Crippen LogP contribution in [-0.2, 0) is 25.8 Å². The molecule has 0 spiro atoms. The lowest BCUT2D eigenvalue weighted by Crippen LogP contribution is -2.41. The Balaban J connectivity index is 1.71. The van der Waals surface area contributed by atoms with E-state index in [-0.39, 0.29) is 34.9 Å². The van der Waals surface area contributed by atoms with E-state index < -0.39 is 9.84 Å². The van der Waals surface area contributed by atoms with E-state index in [1.807, 2.05) is 0 Å². The topological polar surface area (TPSA) is 83.6 Å². The summed E-state index contributed by atoms with van der Waals surface area (Å²) < 4.78 is 26.4. The number of sulfone groups is 1. The number of benzene rings is 1. The summed E-state index contributed by atoms with van der Waals surface area (Å²) in [6.07, 6.45) is 5.36. The molecule has 6 nitrogen and oxygen atoms in total. The average molecular weight is 485 g/mol. The minimum Gasteiger partial charge on any atom is -0.353 e. The molecular weight excluding hydrogens is 456 g/mol. The van der Waals surface area contributed by atoms with Crippen molar-refractivity contribution in [3.05, 3.63) is 22.2 Å².